The maximum atomic E-state index is 6.03. The topological polar surface area (TPSA) is 43.4 Å². The number of ether oxygens (including phenoxy) is 2. The van der Waals surface area contributed by atoms with E-state index in [1.54, 1.807) is 13.3 Å². The Morgan fingerprint density at radius 1 is 1.04 bits per heavy atom. The lowest BCUT2D eigenvalue weighted by atomic mass is 10.2. The van der Waals surface area contributed by atoms with Crippen LogP contribution in [0.15, 0.2) is 65.4 Å². The van der Waals surface area contributed by atoms with Gasteiger partial charge in [0.1, 0.15) is 6.61 Å². The summed E-state index contributed by atoms with van der Waals surface area (Å²) in [5, 5.41) is 4.11. The zero-order valence-electron chi connectivity index (χ0n) is 14.9. The van der Waals surface area contributed by atoms with Gasteiger partial charge in [-0.15, -0.1) is 0 Å². The third kappa shape index (κ3) is 5.70. The smallest absolute Gasteiger partial charge is 0.162 e. The molecule has 1 N–H and O–H groups in total. The summed E-state index contributed by atoms with van der Waals surface area (Å²) < 4.78 is 12.4. The summed E-state index contributed by atoms with van der Waals surface area (Å²) in [6, 6.07) is 15.5. The van der Waals surface area contributed by atoms with Gasteiger partial charge in [-0.1, -0.05) is 45.7 Å². The molecule has 27 heavy (non-hydrogen) atoms. The minimum atomic E-state index is 0.419. The average Bonchev–Trinajstić information content (AvgIpc) is 2.68. The lowest BCUT2D eigenvalue weighted by Crippen LogP contribution is -2.13. The van der Waals surface area contributed by atoms with Crippen LogP contribution in [-0.2, 0) is 19.7 Å². The van der Waals surface area contributed by atoms with Crippen molar-refractivity contribution in [3.05, 3.63) is 87.1 Å². The minimum Gasteiger partial charge on any atom is -0.493 e. The molecule has 0 fully saturated rings. The van der Waals surface area contributed by atoms with E-state index in [-0.39, 0.29) is 0 Å². The fourth-order valence-electron chi connectivity index (χ4n) is 2.62. The zero-order valence-corrected chi connectivity index (χ0v) is 17.3. The molecule has 3 aromatic rings. The molecule has 3 rings (SSSR count). The van der Waals surface area contributed by atoms with Crippen molar-refractivity contribution in [3.63, 3.8) is 0 Å². The normalized spacial score (nSPS) is 10.6. The number of nitrogens with zero attached hydrogens (tertiary/aromatic N) is 1. The molecule has 1 heterocycles. The summed E-state index contributed by atoms with van der Waals surface area (Å²) in [6.07, 6.45) is 3.63. The van der Waals surface area contributed by atoms with E-state index in [4.69, 9.17) is 21.1 Å². The number of halogens is 2. The first-order chi connectivity index (χ1) is 13.2. The summed E-state index contributed by atoms with van der Waals surface area (Å²) in [7, 11) is 1.64. The van der Waals surface area contributed by atoms with E-state index >= 15 is 0 Å². The quantitative estimate of drug-likeness (QED) is 0.504. The van der Waals surface area contributed by atoms with Gasteiger partial charge in [0.2, 0.25) is 0 Å². The van der Waals surface area contributed by atoms with E-state index in [0.717, 1.165) is 27.7 Å². The molecular formula is C21H20BrClN2O2. The number of pyridine rings is 1. The summed E-state index contributed by atoms with van der Waals surface area (Å²) in [5.74, 6) is 1.37. The molecule has 2 aromatic carbocycles. The van der Waals surface area contributed by atoms with E-state index < -0.39 is 0 Å². The molecule has 0 spiro atoms. The Balaban J connectivity index is 1.65. The standard InChI is InChI=1S/C21H20BrClN2O2/c1-26-20-9-17(13-25-12-16-5-3-7-24-11-16)19(22)10-21(20)27-14-15-4-2-6-18(23)8-15/h2-11,25H,12-14H2,1H3. The Hall–Kier alpha value is -2.08. The molecule has 1 aromatic heterocycles. The second-order valence-electron chi connectivity index (χ2n) is 5.98. The largest absolute Gasteiger partial charge is 0.493 e. The summed E-state index contributed by atoms with van der Waals surface area (Å²) >= 11 is 9.65. The van der Waals surface area contributed by atoms with Gasteiger partial charge in [0, 0.05) is 35.0 Å². The van der Waals surface area contributed by atoms with Crippen LogP contribution in [-0.4, -0.2) is 12.1 Å². The molecule has 0 aliphatic carbocycles. The molecule has 0 amide bonds. The van der Waals surface area contributed by atoms with Crippen molar-refractivity contribution in [1.82, 2.24) is 10.3 Å². The molecular weight excluding hydrogens is 428 g/mol. The first-order valence-corrected chi connectivity index (χ1v) is 9.66. The van der Waals surface area contributed by atoms with Crippen LogP contribution in [0, 0.1) is 0 Å². The van der Waals surface area contributed by atoms with Gasteiger partial charge in [0.05, 0.1) is 7.11 Å². The molecule has 0 bridgehead atoms. The highest BCUT2D eigenvalue weighted by Gasteiger charge is 2.11. The van der Waals surface area contributed by atoms with Crippen LogP contribution in [0.5, 0.6) is 11.5 Å². The van der Waals surface area contributed by atoms with Crippen LogP contribution in [0.4, 0.5) is 0 Å². The first kappa shape index (κ1) is 19.7. The predicted molar refractivity (Wildman–Crippen MR) is 111 cm³/mol. The van der Waals surface area contributed by atoms with Gasteiger partial charge in [-0.25, -0.2) is 0 Å². The van der Waals surface area contributed by atoms with E-state index in [1.807, 2.05) is 54.7 Å². The monoisotopic (exact) mass is 446 g/mol. The van der Waals surface area contributed by atoms with Gasteiger partial charge in [0.25, 0.3) is 0 Å². The molecule has 0 unspecified atom stereocenters. The van der Waals surface area contributed by atoms with Crippen LogP contribution >= 0.6 is 27.5 Å². The minimum absolute atomic E-state index is 0.419. The lowest BCUT2D eigenvalue weighted by Gasteiger charge is -2.15. The van der Waals surface area contributed by atoms with E-state index in [9.17, 15) is 0 Å². The van der Waals surface area contributed by atoms with Gasteiger partial charge < -0.3 is 14.8 Å². The highest BCUT2D eigenvalue weighted by Crippen LogP contribution is 2.34. The Morgan fingerprint density at radius 2 is 1.89 bits per heavy atom. The van der Waals surface area contributed by atoms with E-state index in [1.165, 1.54) is 0 Å². The second-order valence-corrected chi connectivity index (χ2v) is 7.27. The van der Waals surface area contributed by atoms with Gasteiger partial charge in [-0.3, -0.25) is 4.98 Å². The Bertz CT molecular complexity index is 891. The average molecular weight is 448 g/mol. The fraction of sp³-hybridized carbons (Fsp3) is 0.190. The van der Waals surface area contributed by atoms with Crippen LogP contribution in [0.1, 0.15) is 16.7 Å². The SMILES string of the molecule is COc1cc(CNCc2cccnc2)c(Br)cc1OCc1cccc(Cl)c1. The fourth-order valence-corrected chi connectivity index (χ4v) is 3.29. The van der Waals surface area contributed by atoms with Gasteiger partial charge >= 0.3 is 0 Å². The third-order valence-corrected chi connectivity index (χ3v) is 4.96. The van der Waals surface area contributed by atoms with Crippen LogP contribution in [0.3, 0.4) is 0 Å². The molecule has 0 aliphatic heterocycles. The van der Waals surface area contributed by atoms with Crippen molar-refractivity contribution in [2.45, 2.75) is 19.7 Å². The highest BCUT2D eigenvalue weighted by atomic mass is 79.9. The van der Waals surface area contributed by atoms with Gasteiger partial charge in [-0.2, -0.15) is 0 Å². The van der Waals surface area contributed by atoms with Crippen molar-refractivity contribution in [2.75, 3.05) is 7.11 Å². The molecule has 4 nitrogen and oxygen atoms in total. The van der Waals surface area contributed by atoms with Crippen molar-refractivity contribution < 1.29 is 9.47 Å². The first-order valence-electron chi connectivity index (χ1n) is 8.49. The van der Waals surface area contributed by atoms with Crippen LogP contribution in [0.2, 0.25) is 5.02 Å². The van der Waals surface area contributed by atoms with E-state index in [2.05, 4.69) is 26.2 Å². The molecule has 0 saturated heterocycles. The van der Waals surface area contributed by atoms with Gasteiger partial charge in [0.15, 0.2) is 11.5 Å². The number of methoxy groups -OCH3 is 1. The summed E-state index contributed by atoms with van der Waals surface area (Å²) in [5.41, 5.74) is 3.23. The number of nitrogens with one attached hydrogen (secondary N) is 1. The summed E-state index contributed by atoms with van der Waals surface area (Å²) in [4.78, 5) is 4.12. The van der Waals surface area contributed by atoms with Crippen molar-refractivity contribution in [2.24, 2.45) is 0 Å². The number of rotatable bonds is 8. The highest BCUT2D eigenvalue weighted by molar-refractivity contribution is 9.10. The van der Waals surface area contributed by atoms with Crippen LogP contribution in [0.25, 0.3) is 0 Å². The molecule has 140 valence electrons. The summed E-state index contributed by atoms with van der Waals surface area (Å²) in [6.45, 7) is 1.86. The van der Waals surface area contributed by atoms with Crippen LogP contribution < -0.4 is 14.8 Å². The molecule has 0 radical (unpaired) electrons. The number of hydrogen-bond donors (Lipinski definition) is 1. The number of benzene rings is 2. The third-order valence-electron chi connectivity index (χ3n) is 3.98. The van der Waals surface area contributed by atoms with Gasteiger partial charge in [-0.05, 0) is 47.0 Å². The maximum absolute atomic E-state index is 6.03. The zero-order chi connectivity index (χ0) is 19.1. The number of aromatic nitrogens is 1. The molecule has 0 saturated carbocycles. The Labute approximate surface area is 172 Å². The molecule has 0 aliphatic rings. The Morgan fingerprint density at radius 3 is 2.63 bits per heavy atom. The second kappa shape index (κ2) is 9.74. The molecule has 0 atom stereocenters. The van der Waals surface area contributed by atoms with Crippen molar-refractivity contribution in [1.29, 1.82) is 0 Å². The Kier molecular flexibility index (Phi) is 7.10. The van der Waals surface area contributed by atoms with E-state index in [0.29, 0.717) is 29.7 Å². The lowest BCUT2D eigenvalue weighted by molar-refractivity contribution is 0.284. The predicted octanol–water partition coefficient (Wildman–Crippen LogP) is 5.37. The maximum Gasteiger partial charge on any atom is 0.162 e. The molecule has 6 heteroatoms. The number of hydrogen-bond acceptors (Lipinski definition) is 4. The van der Waals surface area contributed by atoms with Crippen molar-refractivity contribution in [3.8, 4) is 11.5 Å². The van der Waals surface area contributed by atoms with Crippen molar-refractivity contribution >= 4 is 27.5 Å².